The highest BCUT2D eigenvalue weighted by Crippen LogP contribution is 2.10. The highest BCUT2D eigenvalue weighted by atomic mass is 16.4. The van der Waals surface area contributed by atoms with Crippen molar-refractivity contribution in [1.29, 1.82) is 0 Å². The van der Waals surface area contributed by atoms with Crippen LogP contribution in [0.15, 0.2) is 40.1 Å². The minimum Gasteiger partial charge on any atom is -0.481 e. The number of carbonyl (C=O) groups is 1. The van der Waals surface area contributed by atoms with Crippen LogP contribution in [0.25, 0.3) is 0 Å². The molecule has 0 radical (unpaired) electrons. The van der Waals surface area contributed by atoms with Crippen LogP contribution in [0, 0.1) is 6.92 Å². The fraction of sp³-hybridized carbons (Fsp3) is 0.389. The molecule has 1 aromatic carbocycles. The lowest BCUT2D eigenvalue weighted by molar-refractivity contribution is -0.137. The molecule has 24 heavy (non-hydrogen) atoms. The molecular weight excluding hydrogens is 308 g/mol. The number of aliphatic carboxylic acids is 1. The highest BCUT2D eigenvalue weighted by Gasteiger charge is 2.03. The largest absolute Gasteiger partial charge is 0.481 e. The SMILES string of the molecule is Cc1cn(Cc2ccc(CCCCCC(=O)O)cc2)c(=O)[nH]c1=O. The zero-order valence-corrected chi connectivity index (χ0v) is 13.7. The Morgan fingerprint density at radius 2 is 1.75 bits per heavy atom. The van der Waals surface area contributed by atoms with E-state index in [4.69, 9.17) is 5.11 Å². The van der Waals surface area contributed by atoms with Gasteiger partial charge in [0.15, 0.2) is 0 Å². The maximum absolute atomic E-state index is 11.8. The smallest absolute Gasteiger partial charge is 0.328 e. The molecule has 1 heterocycles. The van der Waals surface area contributed by atoms with Crippen molar-refractivity contribution >= 4 is 5.97 Å². The van der Waals surface area contributed by atoms with Gasteiger partial charge in [0.2, 0.25) is 0 Å². The van der Waals surface area contributed by atoms with E-state index in [9.17, 15) is 14.4 Å². The number of nitrogens with zero attached hydrogens (tertiary/aromatic N) is 1. The molecule has 0 fully saturated rings. The Kier molecular flexibility index (Phi) is 6.12. The molecule has 0 saturated carbocycles. The van der Waals surface area contributed by atoms with Gasteiger partial charge in [-0.25, -0.2) is 4.79 Å². The minimum atomic E-state index is -0.743. The summed E-state index contributed by atoms with van der Waals surface area (Å²) < 4.78 is 1.48. The molecule has 0 bridgehead atoms. The number of carboxylic acids is 1. The van der Waals surface area contributed by atoms with Crippen molar-refractivity contribution < 1.29 is 9.90 Å². The number of benzene rings is 1. The van der Waals surface area contributed by atoms with Gasteiger partial charge in [-0.05, 0) is 37.3 Å². The molecule has 0 aliphatic heterocycles. The van der Waals surface area contributed by atoms with Crippen LogP contribution in [0.1, 0.15) is 42.4 Å². The predicted molar refractivity (Wildman–Crippen MR) is 91.4 cm³/mol. The Hall–Kier alpha value is -2.63. The van der Waals surface area contributed by atoms with Crippen LogP contribution in [0.3, 0.4) is 0 Å². The molecule has 0 atom stereocenters. The first kappa shape index (κ1) is 17.7. The third-order valence-corrected chi connectivity index (χ3v) is 3.92. The van der Waals surface area contributed by atoms with E-state index in [-0.39, 0.29) is 12.0 Å². The normalized spacial score (nSPS) is 10.7. The van der Waals surface area contributed by atoms with Gasteiger partial charge in [-0.2, -0.15) is 0 Å². The van der Waals surface area contributed by atoms with Crippen molar-refractivity contribution in [3.63, 3.8) is 0 Å². The van der Waals surface area contributed by atoms with Gasteiger partial charge in [0.05, 0.1) is 6.54 Å². The van der Waals surface area contributed by atoms with Gasteiger partial charge < -0.3 is 5.11 Å². The molecule has 2 rings (SSSR count). The lowest BCUT2D eigenvalue weighted by atomic mass is 10.0. The van der Waals surface area contributed by atoms with Crippen molar-refractivity contribution in [2.24, 2.45) is 0 Å². The lowest BCUT2D eigenvalue weighted by Crippen LogP contribution is -2.31. The number of hydrogen-bond donors (Lipinski definition) is 2. The molecule has 0 spiro atoms. The third kappa shape index (κ3) is 5.22. The molecule has 6 heteroatoms. The molecule has 6 nitrogen and oxygen atoms in total. The molecule has 2 N–H and O–H groups in total. The maximum Gasteiger partial charge on any atom is 0.328 e. The highest BCUT2D eigenvalue weighted by molar-refractivity contribution is 5.66. The Morgan fingerprint density at radius 1 is 1.08 bits per heavy atom. The minimum absolute atomic E-state index is 0.228. The number of unbranched alkanes of at least 4 members (excludes halogenated alkanes) is 2. The second-order valence-electron chi connectivity index (χ2n) is 5.97. The monoisotopic (exact) mass is 330 g/mol. The van der Waals surface area contributed by atoms with E-state index in [0.29, 0.717) is 18.5 Å². The number of carboxylic acid groups (broad SMARTS) is 1. The molecule has 0 unspecified atom stereocenters. The van der Waals surface area contributed by atoms with Crippen LogP contribution in [-0.4, -0.2) is 20.6 Å². The van der Waals surface area contributed by atoms with Crippen molar-refractivity contribution in [1.82, 2.24) is 9.55 Å². The van der Waals surface area contributed by atoms with Gasteiger partial charge in [0.25, 0.3) is 5.56 Å². The van der Waals surface area contributed by atoms with Gasteiger partial charge in [0.1, 0.15) is 0 Å². The molecule has 0 aliphatic rings. The topological polar surface area (TPSA) is 92.2 Å². The standard InChI is InChI=1S/C18H22N2O4/c1-13-11-20(18(24)19-17(13)23)12-15-9-7-14(8-10-15)5-3-2-4-6-16(21)22/h7-11H,2-6,12H2,1H3,(H,21,22)(H,19,23,24). The first-order chi connectivity index (χ1) is 11.5. The van der Waals surface area contributed by atoms with Crippen LogP contribution < -0.4 is 11.2 Å². The van der Waals surface area contributed by atoms with E-state index in [2.05, 4.69) is 4.98 Å². The fourth-order valence-electron chi connectivity index (χ4n) is 2.53. The average Bonchev–Trinajstić information content (AvgIpc) is 2.53. The molecule has 0 amide bonds. The van der Waals surface area contributed by atoms with Gasteiger partial charge in [-0.15, -0.1) is 0 Å². The summed E-state index contributed by atoms with van der Waals surface area (Å²) in [7, 11) is 0. The van der Waals surface area contributed by atoms with Crippen LogP contribution in [0.4, 0.5) is 0 Å². The van der Waals surface area contributed by atoms with Crippen molar-refractivity contribution in [2.75, 3.05) is 0 Å². The van der Waals surface area contributed by atoms with Crippen molar-refractivity contribution in [3.8, 4) is 0 Å². The summed E-state index contributed by atoms with van der Waals surface area (Å²) in [6.45, 7) is 2.08. The zero-order chi connectivity index (χ0) is 17.5. The first-order valence-corrected chi connectivity index (χ1v) is 8.05. The Labute approximate surface area is 139 Å². The van der Waals surface area contributed by atoms with Crippen molar-refractivity contribution in [3.05, 3.63) is 68.0 Å². The summed E-state index contributed by atoms with van der Waals surface area (Å²) in [6, 6.07) is 7.99. The van der Waals surface area contributed by atoms with E-state index >= 15 is 0 Å². The molecular formula is C18H22N2O4. The first-order valence-electron chi connectivity index (χ1n) is 8.05. The fourth-order valence-corrected chi connectivity index (χ4v) is 2.53. The number of aromatic nitrogens is 2. The summed E-state index contributed by atoms with van der Waals surface area (Å²) in [5.74, 6) is -0.743. The molecule has 1 aromatic heterocycles. The number of H-pyrrole nitrogens is 1. The third-order valence-electron chi connectivity index (χ3n) is 3.92. The number of aromatic amines is 1. The molecule has 2 aromatic rings. The van der Waals surface area contributed by atoms with Crippen LogP contribution in [-0.2, 0) is 17.8 Å². The molecule has 0 aliphatic carbocycles. The number of hydrogen-bond acceptors (Lipinski definition) is 3. The van der Waals surface area contributed by atoms with Crippen LogP contribution in [0.2, 0.25) is 0 Å². The number of rotatable bonds is 8. The summed E-state index contributed by atoms with van der Waals surface area (Å²) in [5, 5.41) is 8.59. The van der Waals surface area contributed by atoms with E-state index < -0.39 is 11.7 Å². The van der Waals surface area contributed by atoms with Gasteiger partial charge in [-0.1, -0.05) is 30.7 Å². The quantitative estimate of drug-likeness (QED) is 0.725. The molecule has 0 saturated heterocycles. The van der Waals surface area contributed by atoms with E-state index in [1.807, 2.05) is 24.3 Å². The Morgan fingerprint density at radius 3 is 2.42 bits per heavy atom. The summed E-state index contributed by atoms with van der Waals surface area (Å²) in [4.78, 5) is 35.9. The summed E-state index contributed by atoms with van der Waals surface area (Å²) in [5.41, 5.74) is 1.92. The van der Waals surface area contributed by atoms with E-state index in [1.54, 1.807) is 13.1 Å². The van der Waals surface area contributed by atoms with Gasteiger partial charge >= 0.3 is 11.7 Å². The van der Waals surface area contributed by atoms with Crippen LogP contribution >= 0.6 is 0 Å². The zero-order valence-electron chi connectivity index (χ0n) is 13.7. The Bertz CT molecular complexity index is 803. The molecule has 128 valence electrons. The van der Waals surface area contributed by atoms with Crippen LogP contribution in [0.5, 0.6) is 0 Å². The van der Waals surface area contributed by atoms with Gasteiger partial charge in [0, 0.05) is 18.2 Å². The summed E-state index contributed by atoms with van der Waals surface area (Å²) >= 11 is 0. The van der Waals surface area contributed by atoms with Gasteiger partial charge in [-0.3, -0.25) is 19.1 Å². The second kappa shape index (κ2) is 8.29. The maximum atomic E-state index is 11.8. The predicted octanol–water partition coefficient (Wildman–Crippen LogP) is 2.08. The lowest BCUT2D eigenvalue weighted by Gasteiger charge is -2.07. The van der Waals surface area contributed by atoms with E-state index in [0.717, 1.165) is 24.8 Å². The van der Waals surface area contributed by atoms with E-state index in [1.165, 1.54) is 10.1 Å². The second-order valence-corrected chi connectivity index (χ2v) is 5.97. The number of nitrogens with one attached hydrogen (secondary N) is 1. The number of aryl methyl sites for hydroxylation is 2. The van der Waals surface area contributed by atoms with Crippen molar-refractivity contribution in [2.45, 2.75) is 45.6 Å². The average molecular weight is 330 g/mol. The summed E-state index contributed by atoms with van der Waals surface area (Å²) in [6.07, 6.45) is 5.29. The Balaban J connectivity index is 1.90.